The van der Waals surface area contributed by atoms with Gasteiger partial charge in [0.25, 0.3) is 0 Å². The van der Waals surface area contributed by atoms with E-state index in [0.717, 1.165) is 13.1 Å². The third-order valence-corrected chi connectivity index (χ3v) is 2.66. The van der Waals surface area contributed by atoms with Crippen LogP contribution in [0.3, 0.4) is 0 Å². The second-order valence-electron chi connectivity index (χ2n) is 3.73. The average Bonchev–Trinajstić information content (AvgIpc) is 2.37. The monoisotopic (exact) mass is 233 g/mol. The highest BCUT2D eigenvalue weighted by molar-refractivity contribution is 4.75. The van der Waals surface area contributed by atoms with Crippen molar-refractivity contribution in [3.63, 3.8) is 0 Å². The van der Waals surface area contributed by atoms with E-state index in [2.05, 4.69) is 17.6 Å². The number of likely N-dealkylation sites (tertiary alicyclic amines) is 1. The first-order valence-corrected chi connectivity index (χ1v) is 6.44. The summed E-state index contributed by atoms with van der Waals surface area (Å²) in [5.74, 6) is 0. The molecule has 0 radical (unpaired) electrons. The number of rotatable bonds is 3. The maximum Gasteiger partial charge on any atom is 0.0789 e. The Balaban J connectivity index is 0. The zero-order chi connectivity index (χ0) is 13.0. The normalized spacial score (nSPS) is 22.3. The Kier molecular flexibility index (Phi) is 14.7. The van der Waals surface area contributed by atoms with E-state index in [1.807, 2.05) is 13.8 Å². The van der Waals surface area contributed by atoms with Crippen LogP contribution in [-0.2, 0) is 0 Å². The summed E-state index contributed by atoms with van der Waals surface area (Å²) in [6.07, 6.45) is 3.51. The lowest BCUT2D eigenvalue weighted by Gasteiger charge is -2.34. The fourth-order valence-electron chi connectivity index (χ4n) is 1.77. The summed E-state index contributed by atoms with van der Waals surface area (Å²) in [6.45, 7) is 8.47. The summed E-state index contributed by atoms with van der Waals surface area (Å²) in [5, 5.41) is 9.36. The third kappa shape index (κ3) is 8.05. The molecular formula is C12H31N3O. The summed E-state index contributed by atoms with van der Waals surface area (Å²) in [4.78, 5) is 2.33. The maximum atomic E-state index is 9.36. The average molecular weight is 233 g/mol. The molecular weight excluding hydrogens is 202 g/mol. The van der Waals surface area contributed by atoms with Crippen LogP contribution in [0.25, 0.3) is 0 Å². The molecule has 4 heteroatoms. The zero-order valence-corrected chi connectivity index (χ0v) is 11.4. The van der Waals surface area contributed by atoms with Crippen LogP contribution in [0.5, 0.6) is 0 Å². The van der Waals surface area contributed by atoms with Crippen LogP contribution in [0.1, 0.15) is 40.0 Å². The molecule has 0 aromatic rings. The lowest BCUT2D eigenvalue weighted by molar-refractivity contribution is 0.0779. The Labute approximate surface area is 101 Å². The number of aliphatic hydroxyl groups excluding tert-OH is 1. The molecule has 4 nitrogen and oxygen atoms in total. The van der Waals surface area contributed by atoms with Crippen molar-refractivity contribution in [3.8, 4) is 0 Å². The van der Waals surface area contributed by atoms with Crippen LogP contribution in [-0.4, -0.2) is 48.8 Å². The first-order valence-electron chi connectivity index (χ1n) is 6.44. The molecule has 2 atom stereocenters. The Hall–Kier alpha value is -0.160. The number of aliphatic hydroxyl groups is 1. The molecule has 1 aliphatic heterocycles. The molecule has 100 valence electrons. The summed E-state index contributed by atoms with van der Waals surface area (Å²) in [5.41, 5.74) is 9.86. The minimum Gasteiger partial charge on any atom is -0.390 e. The predicted molar refractivity (Wildman–Crippen MR) is 71.4 cm³/mol. The molecule has 0 aromatic heterocycles. The predicted octanol–water partition coefficient (Wildman–Crippen LogP) is 0.782. The summed E-state index contributed by atoms with van der Waals surface area (Å²) >= 11 is 0. The molecule has 0 aliphatic carbocycles. The fraction of sp³-hybridized carbons (Fsp3) is 1.00. The standard InChI is InChI=1S/C9H20N2O.C2H6.CH5N/c1-8-4-2-3-5-11(8)7-9(12)6-10;2*1-2/h8-9,12H,2-7,10H2,1H3;1-2H3;2H2,1H3. The quantitative estimate of drug-likeness (QED) is 0.673. The van der Waals surface area contributed by atoms with E-state index in [1.165, 1.54) is 26.3 Å². The molecule has 0 spiro atoms. The molecule has 1 aliphatic rings. The Bertz CT molecular complexity index is 133. The highest BCUT2D eigenvalue weighted by atomic mass is 16.3. The highest BCUT2D eigenvalue weighted by Crippen LogP contribution is 2.15. The topological polar surface area (TPSA) is 75.5 Å². The van der Waals surface area contributed by atoms with E-state index in [1.54, 1.807) is 0 Å². The van der Waals surface area contributed by atoms with Gasteiger partial charge in [-0.1, -0.05) is 20.3 Å². The molecule has 2 unspecified atom stereocenters. The minimum atomic E-state index is -0.342. The number of nitrogens with two attached hydrogens (primary N) is 2. The molecule has 1 saturated heterocycles. The SMILES string of the molecule is CC.CC1CCCCN1CC(O)CN.CN. The van der Waals surface area contributed by atoms with Crippen molar-refractivity contribution < 1.29 is 5.11 Å². The van der Waals surface area contributed by atoms with Gasteiger partial charge in [0.05, 0.1) is 6.10 Å². The van der Waals surface area contributed by atoms with Gasteiger partial charge in [-0.05, 0) is 33.4 Å². The van der Waals surface area contributed by atoms with Crippen LogP contribution < -0.4 is 11.5 Å². The van der Waals surface area contributed by atoms with Gasteiger partial charge in [-0.25, -0.2) is 0 Å². The number of β-amino-alcohol motifs (C(OH)–C–C–N with tert-alkyl or cyclic N) is 1. The highest BCUT2D eigenvalue weighted by Gasteiger charge is 2.19. The van der Waals surface area contributed by atoms with E-state index in [4.69, 9.17) is 5.73 Å². The van der Waals surface area contributed by atoms with Gasteiger partial charge < -0.3 is 16.6 Å². The van der Waals surface area contributed by atoms with Crippen LogP contribution in [0.2, 0.25) is 0 Å². The Morgan fingerprint density at radius 1 is 1.31 bits per heavy atom. The van der Waals surface area contributed by atoms with Crippen molar-refractivity contribution >= 4 is 0 Å². The van der Waals surface area contributed by atoms with Gasteiger partial charge in [-0.2, -0.15) is 0 Å². The number of piperidine rings is 1. The largest absolute Gasteiger partial charge is 0.390 e. The molecule has 1 fully saturated rings. The second-order valence-corrected chi connectivity index (χ2v) is 3.73. The summed E-state index contributed by atoms with van der Waals surface area (Å²) in [6, 6.07) is 0.625. The molecule has 16 heavy (non-hydrogen) atoms. The van der Waals surface area contributed by atoms with E-state index in [-0.39, 0.29) is 6.10 Å². The van der Waals surface area contributed by atoms with Crippen molar-refractivity contribution in [3.05, 3.63) is 0 Å². The van der Waals surface area contributed by atoms with Gasteiger partial charge in [0.15, 0.2) is 0 Å². The van der Waals surface area contributed by atoms with Crippen molar-refractivity contribution in [2.45, 2.75) is 52.2 Å². The van der Waals surface area contributed by atoms with E-state index >= 15 is 0 Å². The van der Waals surface area contributed by atoms with E-state index < -0.39 is 0 Å². The maximum absolute atomic E-state index is 9.36. The first-order chi connectivity index (χ1) is 7.74. The van der Waals surface area contributed by atoms with Crippen molar-refractivity contribution in [2.75, 3.05) is 26.7 Å². The van der Waals surface area contributed by atoms with Crippen molar-refractivity contribution in [1.29, 1.82) is 0 Å². The molecule has 1 rings (SSSR count). The van der Waals surface area contributed by atoms with Crippen molar-refractivity contribution in [1.82, 2.24) is 4.90 Å². The smallest absolute Gasteiger partial charge is 0.0789 e. The summed E-state index contributed by atoms with van der Waals surface area (Å²) < 4.78 is 0. The molecule has 0 aromatic carbocycles. The van der Waals surface area contributed by atoms with E-state index in [0.29, 0.717) is 12.6 Å². The number of nitrogens with zero attached hydrogens (tertiary/aromatic N) is 1. The molecule has 0 amide bonds. The van der Waals surface area contributed by atoms with Crippen LogP contribution >= 0.6 is 0 Å². The van der Waals surface area contributed by atoms with Gasteiger partial charge in [0, 0.05) is 19.1 Å². The van der Waals surface area contributed by atoms with E-state index in [9.17, 15) is 5.11 Å². The number of hydrogen-bond acceptors (Lipinski definition) is 4. The Morgan fingerprint density at radius 3 is 2.31 bits per heavy atom. The molecule has 0 saturated carbocycles. The summed E-state index contributed by atoms with van der Waals surface area (Å²) in [7, 11) is 1.50. The first kappa shape index (κ1) is 18.2. The van der Waals surface area contributed by atoms with Crippen molar-refractivity contribution in [2.24, 2.45) is 11.5 Å². The lowest BCUT2D eigenvalue weighted by Crippen LogP contribution is -2.44. The zero-order valence-electron chi connectivity index (χ0n) is 11.4. The minimum absolute atomic E-state index is 0.342. The van der Waals surface area contributed by atoms with Crippen LogP contribution in [0.15, 0.2) is 0 Å². The molecule has 5 N–H and O–H groups in total. The van der Waals surface area contributed by atoms with Crippen LogP contribution in [0, 0.1) is 0 Å². The lowest BCUT2D eigenvalue weighted by atomic mass is 10.0. The van der Waals surface area contributed by atoms with Crippen LogP contribution in [0.4, 0.5) is 0 Å². The Morgan fingerprint density at radius 2 is 1.88 bits per heavy atom. The molecule has 1 heterocycles. The number of hydrogen-bond donors (Lipinski definition) is 3. The van der Waals surface area contributed by atoms with Gasteiger partial charge in [-0.3, -0.25) is 4.90 Å². The fourth-order valence-corrected chi connectivity index (χ4v) is 1.77. The van der Waals surface area contributed by atoms with Gasteiger partial charge >= 0.3 is 0 Å². The third-order valence-electron chi connectivity index (χ3n) is 2.66. The van der Waals surface area contributed by atoms with Gasteiger partial charge in [0.2, 0.25) is 0 Å². The van der Waals surface area contributed by atoms with Gasteiger partial charge in [0.1, 0.15) is 0 Å². The second kappa shape index (κ2) is 12.9. The molecule has 0 bridgehead atoms. The van der Waals surface area contributed by atoms with Gasteiger partial charge in [-0.15, -0.1) is 0 Å².